The zero-order valence-corrected chi connectivity index (χ0v) is 10.5. The highest BCUT2D eigenvalue weighted by molar-refractivity contribution is 6.19. The SMILES string of the molecule is Cc1[nH]c2ccccc2c1C(=O)c1ccncc1N. The number of benzene rings is 1. The van der Waals surface area contributed by atoms with E-state index >= 15 is 0 Å². The number of H-pyrrole nitrogens is 1. The number of aromatic nitrogens is 2. The third-order valence-electron chi connectivity index (χ3n) is 3.22. The highest BCUT2D eigenvalue weighted by Gasteiger charge is 2.19. The summed E-state index contributed by atoms with van der Waals surface area (Å²) in [5.74, 6) is -0.0742. The van der Waals surface area contributed by atoms with E-state index in [2.05, 4.69) is 9.97 Å². The molecule has 0 aliphatic carbocycles. The number of nitrogens with zero attached hydrogens (tertiary/aromatic N) is 1. The van der Waals surface area contributed by atoms with Gasteiger partial charge in [-0.15, -0.1) is 0 Å². The quantitative estimate of drug-likeness (QED) is 0.688. The van der Waals surface area contributed by atoms with Crippen molar-refractivity contribution in [2.45, 2.75) is 6.92 Å². The number of aryl methyl sites for hydroxylation is 1. The molecule has 4 nitrogen and oxygen atoms in total. The Morgan fingerprint density at radius 2 is 2.05 bits per heavy atom. The Hall–Kier alpha value is -2.62. The second-order valence-corrected chi connectivity index (χ2v) is 4.46. The van der Waals surface area contributed by atoms with Crippen LogP contribution in [-0.2, 0) is 0 Å². The second-order valence-electron chi connectivity index (χ2n) is 4.46. The van der Waals surface area contributed by atoms with Crippen molar-refractivity contribution in [2.75, 3.05) is 5.73 Å². The minimum absolute atomic E-state index is 0.0742. The number of hydrogen-bond acceptors (Lipinski definition) is 3. The molecule has 0 unspecified atom stereocenters. The maximum Gasteiger partial charge on any atom is 0.197 e. The van der Waals surface area contributed by atoms with E-state index in [1.807, 2.05) is 31.2 Å². The van der Waals surface area contributed by atoms with E-state index in [9.17, 15) is 4.79 Å². The molecule has 4 heteroatoms. The van der Waals surface area contributed by atoms with Gasteiger partial charge in [-0.05, 0) is 19.1 Å². The standard InChI is InChI=1S/C15H13N3O/c1-9-14(11-4-2-3-5-13(11)18-9)15(19)10-6-7-17-8-12(10)16/h2-8,18H,16H2,1H3. The molecule has 0 fully saturated rings. The highest BCUT2D eigenvalue weighted by Crippen LogP contribution is 2.25. The van der Waals surface area contributed by atoms with Gasteiger partial charge in [0.2, 0.25) is 0 Å². The van der Waals surface area contributed by atoms with Gasteiger partial charge in [0, 0.05) is 28.4 Å². The smallest absolute Gasteiger partial charge is 0.197 e. The van der Waals surface area contributed by atoms with Crippen LogP contribution in [0, 0.1) is 6.92 Å². The number of para-hydroxylation sites is 1. The Kier molecular flexibility index (Phi) is 2.56. The molecule has 94 valence electrons. The number of carbonyl (C=O) groups is 1. The van der Waals surface area contributed by atoms with Crippen LogP contribution in [0.1, 0.15) is 21.6 Å². The molecule has 0 saturated heterocycles. The summed E-state index contributed by atoms with van der Waals surface area (Å²) in [5.41, 5.74) is 9.20. The van der Waals surface area contributed by atoms with E-state index in [4.69, 9.17) is 5.73 Å². The first kappa shape index (κ1) is 11.5. The summed E-state index contributed by atoms with van der Waals surface area (Å²) < 4.78 is 0. The summed E-state index contributed by atoms with van der Waals surface area (Å²) >= 11 is 0. The van der Waals surface area contributed by atoms with Crippen molar-refractivity contribution in [3.05, 3.63) is 59.5 Å². The number of nitrogen functional groups attached to an aromatic ring is 1. The van der Waals surface area contributed by atoms with Gasteiger partial charge in [0.15, 0.2) is 5.78 Å². The van der Waals surface area contributed by atoms with Crippen LogP contribution in [0.2, 0.25) is 0 Å². The molecule has 3 aromatic rings. The Morgan fingerprint density at radius 1 is 1.26 bits per heavy atom. The van der Waals surface area contributed by atoms with Crippen molar-refractivity contribution >= 4 is 22.4 Å². The third kappa shape index (κ3) is 1.78. The molecule has 0 aliphatic heterocycles. The van der Waals surface area contributed by atoms with Crippen LogP contribution in [0.5, 0.6) is 0 Å². The summed E-state index contributed by atoms with van der Waals surface area (Å²) in [7, 11) is 0. The minimum atomic E-state index is -0.0742. The van der Waals surface area contributed by atoms with E-state index in [1.165, 1.54) is 6.20 Å². The summed E-state index contributed by atoms with van der Waals surface area (Å²) in [6, 6.07) is 9.40. The average Bonchev–Trinajstić information content (AvgIpc) is 2.74. The fraction of sp³-hybridized carbons (Fsp3) is 0.0667. The van der Waals surface area contributed by atoms with Crippen LogP contribution in [0.3, 0.4) is 0 Å². The molecule has 0 radical (unpaired) electrons. The van der Waals surface area contributed by atoms with Crippen LogP contribution in [0.4, 0.5) is 5.69 Å². The van der Waals surface area contributed by atoms with E-state index in [0.29, 0.717) is 16.8 Å². The summed E-state index contributed by atoms with van der Waals surface area (Å²) in [6.45, 7) is 1.89. The van der Waals surface area contributed by atoms with Crippen molar-refractivity contribution in [3.63, 3.8) is 0 Å². The zero-order valence-electron chi connectivity index (χ0n) is 10.5. The minimum Gasteiger partial charge on any atom is -0.397 e. The number of aromatic amines is 1. The molecule has 2 aromatic heterocycles. The number of anilines is 1. The molecule has 0 spiro atoms. The highest BCUT2D eigenvalue weighted by atomic mass is 16.1. The van der Waals surface area contributed by atoms with Crippen LogP contribution in [-0.4, -0.2) is 15.8 Å². The molecule has 1 aromatic carbocycles. The third-order valence-corrected chi connectivity index (χ3v) is 3.22. The molecule has 0 aliphatic rings. The van der Waals surface area contributed by atoms with Gasteiger partial charge in [0.05, 0.1) is 17.4 Å². The molecular formula is C15H13N3O. The monoisotopic (exact) mass is 251 g/mol. The van der Waals surface area contributed by atoms with Crippen molar-refractivity contribution in [1.82, 2.24) is 9.97 Å². The van der Waals surface area contributed by atoms with E-state index in [-0.39, 0.29) is 5.78 Å². The molecule has 3 rings (SSSR count). The Balaban J connectivity index is 2.23. The molecule has 2 heterocycles. The lowest BCUT2D eigenvalue weighted by atomic mass is 10.0. The Bertz CT molecular complexity index is 774. The van der Waals surface area contributed by atoms with Gasteiger partial charge in [-0.25, -0.2) is 0 Å². The first-order chi connectivity index (χ1) is 9.18. The molecule has 0 amide bonds. The van der Waals surface area contributed by atoms with Gasteiger partial charge >= 0.3 is 0 Å². The maximum absolute atomic E-state index is 12.6. The van der Waals surface area contributed by atoms with Crippen molar-refractivity contribution < 1.29 is 4.79 Å². The number of nitrogens with one attached hydrogen (secondary N) is 1. The summed E-state index contributed by atoms with van der Waals surface area (Å²) in [5, 5.41) is 0.918. The molecule has 3 N–H and O–H groups in total. The van der Waals surface area contributed by atoms with Gasteiger partial charge in [0.25, 0.3) is 0 Å². The van der Waals surface area contributed by atoms with Gasteiger partial charge in [0.1, 0.15) is 0 Å². The fourth-order valence-corrected chi connectivity index (χ4v) is 2.32. The number of fused-ring (bicyclic) bond motifs is 1. The molecular weight excluding hydrogens is 238 g/mol. The number of hydrogen-bond donors (Lipinski definition) is 2. The molecule has 19 heavy (non-hydrogen) atoms. The lowest BCUT2D eigenvalue weighted by Crippen LogP contribution is -2.06. The van der Waals surface area contributed by atoms with Crippen molar-refractivity contribution in [1.29, 1.82) is 0 Å². The predicted molar refractivity (Wildman–Crippen MR) is 75.1 cm³/mol. The van der Waals surface area contributed by atoms with Crippen LogP contribution in [0.15, 0.2) is 42.7 Å². The van der Waals surface area contributed by atoms with Crippen LogP contribution < -0.4 is 5.73 Å². The zero-order chi connectivity index (χ0) is 13.4. The second kappa shape index (κ2) is 4.24. The normalized spacial score (nSPS) is 10.8. The fourth-order valence-electron chi connectivity index (χ4n) is 2.32. The van der Waals surface area contributed by atoms with Crippen molar-refractivity contribution in [3.8, 4) is 0 Å². The van der Waals surface area contributed by atoms with E-state index < -0.39 is 0 Å². The number of nitrogens with two attached hydrogens (primary N) is 1. The summed E-state index contributed by atoms with van der Waals surface area (Å²) in [4.78, 5) is 19.8. The van der Waals surface area contributed by atoms with Gasteiger partial charge in [-0.3, -0.25) is 9.78 Å². The van der Waals surface area contributed by atoms with Gasteiger partial charge in [-0.2, -0.15) is 0 Å². The lowest BCUT2D eigenvalue weighted by molar-refractivity contribution is 0.104. The van der Waals surface area contributed by atoms with Crippen LogP contribution in [0.25, 0.3) is 10.9 Å². The maximum atomic E-state index is 12.6. The topological polar surface area (TPSA) is 71.8 Å². The predicted octanol–water partition coefficient (Wildman–Crippen LogP) is 2.68. The first-order valence-electron chi connectivity index (χ1n) is 6.00. The van der Waals surface area contributed by atoms with Crippen molar-refractivity contribution in [2.24, 2.45) is 0 Å². The number of carbonyl (C=O) groups excluding carboxylic acids is 1. The Labute approximate surface area is 110 Å². The molecule has 0 bridgehead atoms. The van der Waals surface area contributed by atoms with E-state index in [0.717, 1.165) is 16.6 Å². The molecule has 0 atom stereocenters. The first-order valence-corrected chi connectivity index (χ1v) is 6.00. The van der Waals surface area contributed by atoms with Gasteiger partial charge < -0.3 is 10.7 Å². The molecule has 0 saturated carbocycles. The average molecular weight is 251 g/mol. The Morgan fingerprint density at radius 3 is 2.84 bits per heavy atom. The largest absolute Gasteiger partial charge is 0.397 e. The lowest BCUT2D eigenvalue weighted by Gasteiger charge is -2.04. The number of rotatable bonds is 2. The summed E-state index contributed by atoms with van der Waals surface area (Å²) in [6.07, 6.45) is 3.07. The number of pyridine rings is 1. The number of ketones is 1. The van der Waals surface area contributed by atoms with Crippen LogP contribution >= 0.6 is 0 Å². The van der Waals surface area contributed by atoms with E-state index in [1.54, 1.807) is 12.3 Å². The van der Waals surface area contributed by atoms with Gasteiger partial charge in [-0.1, -0.05) is 18.2 Å².